The minimum absolute atomic E-state index is 0.112. The summed E-state index contributed by atoms with van der Waals surface area (Å²) in [4.78, 5) is 4.02. The number of pyridine rings is 1. The molecule has 0 saturated carbocycles. The lowest BCUT2D eigenvalue weighted by Crippen LogP contribution is -2.36. The Morgan fingerprint density at radius 2 is 2.22 bits per heavy atom. The molecule has 0 aliphatic carbocycles. The molecule has 0 saturated heterocycles. The van der Waals surface area contributed by atoms with Gasteiger partial charge in [-0.05, 0) is 29.1 Å². The van der Waals surface area contributed by atoms with E-state index in [9.17, 15) is 0 Å². The van der Waals surface area contributed by atoms with Crippen molar-refractivity contribution in [1.29, 1.82) is 0 Å². The van der Waals surface area contributed by atoms with Gasteiger partial charge in [0.05, 0.1) is 24.9 Å². The number of nitrogens with zero attached hydrogens (tertiary/aromatic N) is 4. The Morgan fingerprint density at radius 1 is 1.30 bits per heavy atom. The second-order valence-corrected chi connectivity index (χ2v) is 6.28. The van der Waals surface area contributed by atoms with E-state index in [1.165, 1.54) is 5.56 Å². The van der Waals surface area contributed by atoms with Crippen LogP contribution in [0.25, 0.3) is 11.3 Å². The molecule has 1 N–H and O–H groups in total. The molecule has 7 heteroatoms. The minimum atomic E-state index is 0.112. The molecule has 4 heterocycles. The second kappa shape index (κ2) is 6.57. The Bertz CT molecular complexity index is 756. The molecule has 4 rings (SSSR count). The van der Waals surface area contributed by atoms with Crippen LogP contribution >= 0.6 is 11.3 Å². The average Bonchev–Trinajstić information content (AvgIpc) is 3.24. The first-order chi connectivity index (χ1) is 11.4. The van der Waals surface area contributed by atoms with E-state index in [1.54, 1.807) is 11.3 Å². The molecular formula is C16H17N5OS. The fourth-order valence-electron chi connectivity index (χ4n) is 2.69. The molecule has 1 aliphatic heterocycles. The van der Waals surface area contributed by atoms with Crippen LogP contribution in [0.2, 0.25) is 0 Å². The predicted molar refractivity (Wildman–Crippen MR) is 87.9 cm³/mol. The first-order valence-corrected chi connectivity index (χ1v) is 8.50. The Kier molecular flexibility index (Phi) is 4.14. The zero-order valence-electron chi connectivity index (χ0n) is 12.6. The lowest BCUT2D eigenvalue weighted by Gasteiger charge is -2.24. The highest BCUT2D eigenvalue weighted by Crippen LogP contribution is 2.26. The lowest BCUT2D eigenvalue weighted by molar-refractivity contribution is 0.00125. The zero-order chi connectivity index (χ0) is 15.5. The van der Waals surface area contributed by atoms with Crippen LogP contribution in [0.3, 0.4) is 0 Å². The van der Waals surface area contributed by atoms with Gasteiger partial charge in [-0.2, -0.15) is 11.3 Å². The molecule has 3 aromatic heterocycles. The van der Waals surface area contributed by atoms with Crippen molar-refractivity contribution in [2.24, 2.45) is 0 Å². The third-order valence-corrected chi connectivity index (χ3v) is 4.60. The van der Waals surface area contributed by atoms with Crippen molar-refractivity contribution in [3.63, 3.8) is 0 Å². The number of ether oxygens (including phenoxy) is 1. The van der Waals surface area contributed by atoms with Gasteiger partial charge in [0, 0.05) is 36.4 Å². The summed E-state index contributed by atoms with van der Waals surface area (Å²) in [6.45, 7) is 2.89. The fraction of sp³-hybridized carbons (Fsp3) is 0.312. The molecule has 0 unspecified atom stereocenters. The molecule has 0 amide bonds. The number of nitrogens with one attached hydrogen (secondary N) is 1. The van der Waals surface area contributed by atoms with Crippen molar-refractivity contribution in [3.05, 3.63) is 52.6 Å². The number of fused-ring (bicyclic) bond motifs is 1. The largest absolute Gasteiger partial charge is 0.369 e. The van der Waals surface area contributed by atoms with E-state index in [-0.39, 0.29) is 6.10 Å². The van der Waals surface area contributed by atoms with Crippen LogP contribution in [-0.2, 0) is 24.4 Å². The molecule has 6 nitrogen and oxygen atoms in total. The van der Waals surface area contributed by atoms with E-state index in [4.69, 9.17) is 4.74 Å². The number of thiophene rings is 1. The molecule has 0 fully saturated rings. The summed E-state index contributed by atoms with van der Waals surface area (Å²) in [5, 5.41) is 16.2. The van der Waals surface area contributed by atoms with Gasteiger partial charge in [-0.1, -0.05) is 5.21 Å². The molecule has 1 atom stereocenters. The van der Waals surface area contributed by atoms with Gasteiger partial charge >= 0.3 is 0 Å². The SMILES string of the molecule is c1cc(CNC[C@@H]2Cn3nnc(-c4ccsc4)c3CO2)ccn1. The fourth-order valence-corrected chi connectivity index (χ4v) is 3.33. The Balaban J connectivity index is 1.36. The van der Waals surface area contributed by atoms with Gasteiger partial charge < -0.3 is 10.1 Å². The van der Waals surface area contributed by atoms with Crippen molar-refractivity contribution in [3.8, 4) is 11.3 Å². The van der Waals surface area contributed by atoms with Crippen LogP contribution in [0, 0.1) is 0 Å². The number of hydrogen-bond acceptors (Lipinski definition) is 6. The molecule has 0 bridgehead atoms. The molecular weight excluding hydrogens is 310 g/mol. The van der Waals surface area contributed by atoms with Gasteiger partial charge in [-0.15, -0.1) is 5.10 Å². The van der Waals surface area contributed by atoms with Crippen molar-refractivity contribution < 1.29 is 4.74 Å². The lowest BCUT2D eigenvalue weighted by atomic mass is 10.2. The van der Waals surface area contributed by atoms with Gasteiger partial charge in [0.15, 0.2) is 0 Å². The predicted octanol–water partition coefficient (Wildman–Crippen LogP) is 2.09. The van der Waals surface area contributed by atoms with Crippen molar-refractivity contribution in [1.82, 2.24) is 25.3 Å². The normalized spacial score (nSPS) is 17.1. The molecule has 23 heavy (non-hydrogen) atoms. The molecule has 3 aromatic rings. The summed E-state index contributed by atoms with van der Waals surface area (Å²) in [5.74, 6) is 0. The number of rotatable bonds is 5. The number of hydrogen-bond donors (Lipinski definition) is 1. The molecule has 1 aliphatic rings. The quantitative estimate of drug-likeness (QED) is 0.777. The van der Waals surface area contributed by atoms with E-state index >= 15 is 0 Å². The Hall–Kier alpha value is -2.09. The zero-order valence-corrected chi connectivity index (χ0v) is 13.4. The van der Waals surface area contributed by atoms with Gasteiger partial charge in [0.2, 0.25) is 0 Å². The van der Waals surface area contributed by atoms with Gasteiger partial charge in [-0.3, -0.25) is 4.98 Å². The topological polar surface area (TPSA) is 64.9 Å². The van der Waals surface area contributed by atoms with Crippen LogP contribution in [0.1, 0.15) is 11.3 Å². The first-order valence-electron chi connectivity index (χ1n) is 7.56. The standard InChI is InChI=1S/C16H17N5OS/c1-4-17-5-2-12(1)7-18-8-14-9-21-15(10-22-14)16(19-20-21)13-3-6-23-11-13/h1-6,11,14,18H,7-10H2/t14-/m1/s1. The van der Waals surface area contributed by atoms with E-state index in [0.29, 0.717) is 6.61 Å². The van der Waals surface area contributed by atoms with Crippen molar-refractivity contribution in [2.45, 2.75) is 25.8 Å². The maximum Gasteiger partial charge on any atom is 0.119 e. The van der Waals surface area contributed by atoms with Crippen LogP contribution in [0.15, 0.2) is 41.4 Å². The van der Waals surface area contributed by atoms with E-state index in [2.05, 4.69) is 37.4 Å². The highest BCUT2D eigenvalue weighted by Gasteiger charge is 2.24. The molecule has 118 valence electrons. The average molecular weight is 327 g/mol. The van der Waals surface area contributed by atoms with E-state index < -0.39 is 0 Å². The summed E-state index contributed by atoms with van der Waals surface area (Å²) in [6.07, 6.45) is 3.73. The van der Waals surface area contributed by atoms with Gasteiger partial charge in [0.25, 0.3) is 0 Å². The number of aromatic nitrogens is 4. The summed E-state index contributed by atoms with van der Waals surface area (Å²) in [5.41, 5.74) is 4.34. The van der Waals surface area contributed by atoms with Crippen LogP contribution < -0.4 is 5.32 Å². The third-order valence-electron chi connectivity index (χ3n) is 3.92. The monoisotopic (exact) mass is 327 g/mol. The summed E-state index contributed by atoms with van der Waals surface area (Å²) >= 11 is 1.67. The Labute approximate surface area is 138 Å². The smallest absolute Gasteiger partial charge is 0.119 e. The Morgan fingerprint density at radius 3 is 3.04 bits per heavy atom. The summed E-state index contributed by atoms with van der Waals surface area (Å²) in [7, 11) is 0. The van der Waals surface area contributed by atoms with Crippen LogP contribution in [0.5, 0.6) is 0 Å². The second-order valence-electron chi connectivity index (χ2n) is 5.50. The molecule has 0 aromatic carbocycles. The molecule has 0 spiro atoms. The minimum Gasteiger partial charge on any atom is -0.369 e. The van der Waals surface area contributed by atoms with E-state index in [0.717, 1.165) is 36.6 Å². The van der Waals surface area contributed by atoms with Crippen molar-refractivity contribution in [2.75, 3.05) is 6.54 Å². The maximum absolute atomic E-state index is 5.97. The highest BCUT2D eigenvalue weighted by atomic mass is 32.1. The van der Waals surface area contributed by atoms with E-state index in [1.807, 2.05) is 29.2 Å². The maximum atomic E-state index is 5.97. The van der Waals surface area contributed by atoms with Crippen LogP contribution in [0.4, 0.5) is 0 Å². The van der Waals surface area contributed by atoms with Gasteiger partial charge in [0.1, 0.15) is 5.69 Å². The van der Waals surface area contributed by atoms with Gasteiger partial charge in [-0.25, -0.2) is 4.68 Å². The third kappa shape index (κ3) is 3.17. The van der Waals surface area contributed by atoms with Crippen molar-refractivity contribution >= 4 is 11.3 Å². The first kappa shape index (κ1) is 14.5. The summed E-state index contributed by atoms with van der Waals surface area (Å²) < 4.78 is 7.93. The van der Waals surface area contributed by atoms with Crippen LogP contribution in [-0.4, -0.2) is 32.6 Å². The summed E-state index contributed by atoms with van der Waals surface area (Å²) in [6, 6.07) is 6.09. The molecule has 0 radical (unpaired) electrons. The highest BCUT2D eigenvalue weighted by molar-refractivity contribution is 7.08.